The van der Waals surface area contributed by atoms with Crippen LogP contribution in [0.3, 0.4) is 0 Å². The van der Waals surface area contributed by atoms with Crippen LogP contribution in [0.2, 0.25) is 0 Å². The molecule has 1 aliphatic rings. The fourth-order valence-corrected chi connectivity index (χ4v) is 3.19. The molecule has 1 heterocycles. The van der Waals surface area contributed by atoms with Crippen LogP contribution >= 0.6 is 0 Å². The van der Waals surface area contributed by atoms with Crippen molar-refractivity contribution in [3.8, 4) is 0 Å². The Hall–Kier alpha value is -1.68. The first-order chi connectivity index (χ1) is 10.2. The van der Waals surface area contributed by atoms with Crippen molar-refractivity contribution in [1.29, 1.82) is 0 Å². The third-order valence-corrected chi connectivity index (χ3v) is 4.37. The average Bonchev–Trinajstić information content (AvgIpc) is 2.98. The maximum Gasteiger partial charge on any atom is 0.243 e. The second-order valence-corrected chi connectivity index (χ2v) is 6.26. The normalized spacial score (nSPS) is 23.9. The number of aromatic nitrogens is 2. The molecule has 2 unspecified atom stereocenters. The van der Waals surface area contributed by atoms with E-state index in [1.165, 1.54) is 18.4 Å². The molecule has 0 bridgehead atoms. The molecule has 4 nitrogen and oxygen atoms in total. The van der Waals surface area contributed by atoms with Crippen molar-refractivity contribution in [2.24, 2.45) is 11.7 Å². The van der Waals surface area contributed by atoms with E-state index in [2.05, 4.69) is 29.2 Å². The van der Waals surface area contributed by atoms with Crippen molar-refractivity contribution < 1.29 is 4.52 Å². The highest BCUT2D eigenvalue weighted by Crippen LogP contribution is 2.34. The smallest absolute Gasteiger partial charge is 0.243 e. The topological polar surface area (TPSA) is 64.9 Å². The summed E-state index contributed by atoms with van der Waals surface area (Å²) < 4.78 is 5.40. The summed E-state index contributed by atoms with van der Waals surface area (Å²) in [5, 5.41) is 4.17. The van der Waals surface area contributed by atoms with Crippen molar-refractivity contribution in [1.82, 2.24) is 10.1 Å². The maximum absolute atomic E-state index is 6.20. The lowest BCUT2D eigenvalue weighted by molar-refractivity contribution is 0.315. The molecule has 0 radical (unpaired) electrons. The number of nitrogens with zero attached hydrogens (tertiary/aromatic N) is 2. The first-order valence-electron chi connectivity index (χ1n) is 7.85. The molecule has 0 aliphatic heterocycles. The fraction of sp³-hybridized carbons (Fsp3) is 0.529. The molecular weight excluding hydrogens is 262 g/mol. The van der Waals surface area contributed by atoms with Gasteiger partial charge in [0.1, 0.15) is 0 Å². The molecule has 3 atom stereocenters. The van der Waals surface area contributed by atoms with Gasteiger partial charge in [0.25, 0.3) is 0 Å². The van der Waals surface area contributed by atoms with E-state index in [9.17, 15) is 0 Å². The van der Waals surface area contributed by atoms with Gasteiger partial charge in [0.2, 0.25) is 5.89 Å². The van der Waals surface area contributed by atoms with Gasteiger partial charge in [-0.25, -0.2) is 0 Å². The monoisotopic (exact) mass is 285 g/mol. The lowest BCUT2D eigenvalue weighted by Gasteiger charge is -2.23. The van der Waals surface area contributed by atoms with Crippen LogP contribution in [-0.4, -0.2) is 10.1 Å². The highest BCUT2D eigenvalue weighted by atomic mass is 16.5. The summed E-state index contributed by atoms with van der Waals surface area (Å²) >= 11 is 0. The third kappa shape index (κ3) is 3.50. The van der Waals surface area contributed by atoms with Gasteiger partial charge in [0.15, 0.2) is 5.82 Å². The minimum atomic E-state index is -0.227. The zero-order chi connectivity index (χ0) is 14.7. The van der Waals surface area contributed by atoms with Crippen LogP contribution in [0.5, 0.6) is 0 Å². The minimum absolute atomic E-state index is 0.227. The molecule has 1 fully saturated rings. The third-order valence-electron chi connectivity index (χ3n) is 4.37. The zero-order valence-corrected chi connectivity index (χ0v) is 12.5. The molecule has 112 valence electrons. The van der Waals surface area contributed by atoms with Gasteiger partial charge in [0.05, 0.1) is 6.04 Å². The SMILES string of the molecule is CC1CCCC(c2noc([C@H](N)Cc3ccccc3)n2)C1. The Morgan fingerprint density at radius 2 is 2.10 bits per heavy atom. The van der Waals surface area contributed by atoms with Gasteiger partial charge in [-0.15, -0.1) is 0 Å². The van der Waals surface area contributed by atoms with E-state index < -0.39 is 0 Å². The van der Waals surface area contributed by atoms with E-state index in [-0.39, 0.29) is 6.04 Å². The van der Waals surface area contributed by atoms with Gasteiger partial charge in [-0.1, -0.05) is 55.3 Å². The number of hydrogen-bond acceptors (Lipinski definition) is 4. The Bertz CT molecular complexity index is 566. The van der Waals surface area contributed by atoms with Gasteiger partial charge in [-0.3, -0.25) is 0 Å². The van der Waals surface area contributed by atoms with Crippen LogP contribution in [0, 0.1) is 5.92 Å². The van der Waals surface area contributed by atoms with Crippen molar-refractivity contribution in [3.63, 3.8) is 0 Å². The summed E-state index contributed by atoms with van der Waals surface area (Å²) in [5.41, 5.74) is 7.39. The largest absolute Gasteiger partial charge is 0.338 e. The first kappa shape index (κ1) is 14.3. The second-order valence-electron chi connectivity index (χ2n) is 6.26. The Balaban J connectivity index is 1.66. The van der Waals surface area contributed by atoms with Crippen LogP contribution in [0.25, 0.3) is 0 Å². The zero-order valence-electron chi connectivity index (χ0n) is 12.5. The summed E-state index contributed by atoms with van der Waals surface area (Å²) in [4.78, 5) is 4.56. The molecule has 1 aliphatic carbocycles. The van der Waals surface area contributed by atoms with Crippen molar-refractivity contribution in [2.45, 2.75) is 51.0 Å². The maximum atomic E-state index is 6.20. The molecule has 1 aromatic carbocycles. The van der Waals surface area contributed by atoms with Gasteiger partial charge >= 0.3 is 0 Å². The molecule has 1 aromatic heterocycles. The van der Waals surface area contributed by atoms with E-state index in [1.54, 1.807) is 0 Å². The van der Waals surface area contributed by atoms with E-state index in [1.807, 2.05) is 18.2 Å². The molecule has 2 N–H and O–H groups in total. The van der Waals surface area contributed by atoms with Crippen LogP contribution in [0.4, 0.5) is 0 Å². The van der Waals surface area contributed by atoms with E-state index in [0.717, 1.165) is 31.0 Å². The second kappa shape index (κ2) is 6.39. The molecule has 0 spiro atoms. The van der Waals surface area contributed by atoms with Crippen LogP contribution < -0.4 is 5.73 Å². The van der Waals surface area contributed by atoms with Crippen LogP contribution in [-0.2, 0) is 6.42 Å². The summed E-state index contributed by atoms with van der Waals surface area (Å²) in [6, 6.07) is 9.95. The molecule has 0 amide bonds. The summed E-state index contributed by atoms with van der Waals surface area (Å²) in [5.74, 6) is 2.60. The quantitative estimate of drug-likeness (QED) is 0.932. The Morgan fingerprint density at radius 3 is 2.86 bits per heavy atom. The molecule has 2 aromatic rings. The number of hydrogen-bond donors (Lipinski definition) is 1. The molecule has 21 heavy (non-hydrogen) atoms. The van der Waals surface area contributed by atoms with E-state index in [0.29, 0.717) is 11.8 Å². The lowest BCUT2D eigenvalue weighted by Crippen LogP contribution is -2.15. The fourth-order valence-electron chi connectivity index (χ4n) is 3.19. The van der Waals surface area contributed by atoms with Gasteiger partial charge in [-0.2, -0.15) is 4.98 Å². The van der Waals surface area contributed by atoms with Crippen molar-refractivity contribution in [2.75, 3.05) is 0 Å². The van der Waals surface area contributed by atoms with Gasteiger partial charge < -0.3 is 10.3 Å². The molecule has 3 rings (SSSR count). The molecule has 1 saturated carbocycles. The standard InChI is InChI=1S/C17H23N3O/c1-12-6-5-9-14(10-12)16-19-17(21-20-16)15(18)11-13-7-3-2-4-8-13/h2-4,7-8,12,14-15H,5-6,9-11,18H2,1H3/t12?,14?,15-/m1/s1. The highest BCUT2D eigenvalue weighted by molar-refractivity contribution is 5.17. The summed E-state index contributed by atoms with van der Waals surface area (Å²) in [6.07, 6.45) is 5.62. The lowest BCUT2D eigenvalue weighted by atomic mass is 9.82. The summed E-state index contributed by atoms with van der Waals surface area (Å²) in [7, 11) is 0. The Kier molecular flexibility index (Phi) is 4.34. The van der Waals surface area contributed by atoms with Crippen LogP contribution in [0.1, 0.15) is 61.8 Å². The van der Waals surface area contributed by atoms with Crippen molar-refractivity contribution in [3.05, 3.63) is 47.6 Å². The highest BCUT2D eigenvalue weighted by Gasteiger charge is 2.25. The van der Waals surface area contributed by atoms with Gasteiger partial charge in [-0.05, 0) is 30.7 Å². The minimum Gasteiger partial charge on any atom is -0.338 e. The Morgan fingerprint density at radius 1 is 1.29 bits per heavy atom. The molecular formula is C17H23N3O. The predicted octanol–water partition coefficient (Wildman–Crippen LogP) is 3.61. The van der Waals surface area contributed by atoms with Crippen LogP contribution in [0.15, 0.2) is 34.9 Å². The van der Waals surface area contributed by atoms with Crippen molar-refractivity contribution >= 4 is 0 Å². The van der Waals surface area contributed by atoms with Gasteiger partial charge in [0, 0.05) is 5.92 Å². The first-order valence-corrected chi connectivity index (χ1v) is 7.85. The number of nitrogens with two attached hydrogens (primary N) is 1. The summed E-state index contributed by atoms with van der Waals surface area (Å²) in [6.45, 7) is 2.30. The predicted molar refractivity (Wildman–Crippen MR) is 81.7 cm³/mol. The molecule has 0 saturated heterocycles. The number of benzene rings is 1. The molecule has 4 heteroatoms. The number of rotatable bonds is 4. The van der Waals surface area contributed by atoms with E-state index >= 15 is 0 Å². The average molecular weight is 285 g/mol. The van der Waals surface area contributed by atoms with E-state index in [4.69, 9.17) is 10.3 Å². The Labute approximate surface area is 125 Å².